The highest BCUT2D eigenvalue weighted by Crippen LogP contribution is 2.37. The lowest BCUT2D eigenvalue weighted by molar-refractivity contribution is -0.140. The van der Waals surface area contributed by atoms with Gasteiger partial charge in [0.05, 0.1) is 12.0 Å². The Balaban J connectivity index is 1.95. The molecular weight excluding hydrogens is 342 g/mol. The van der Waals surface area contributed by atoms with Crippen LogP contribution in [-0.2, 0) is 16.1 Å². The average Bonchev–Trinajstić information content (AvgIpc) is 3.28. The van der Waals surface area contributed by atoms with E-state index >= 15 is 0 Å². The first-order valence-corrected chi connectivity index (χ1v) is 9.27. The first-order chi connectivity index (χ1) is 11.7. The number of thiophene rings is 1. The lowest BCUT2D eigenvalue weighted by Gasteiger charge is -2.14. The molecule has 2 aromatic heterocycles. The second-order valence-corrected chi connectivity index (χ2v) is 6.98. The van der Waals surface area contributed by atoms with Gasteiger partial charge in [0.2, 0.25) is 0 Å². The zero-order chi connectivity index (χ0) is 16.9. The fraction of sp³-hybridized carbons (Fsp3) is 0.235. The Bertz CT molecular complexity index is 801. The number of esters is 1. The van der Waals surface area contributed by atoms with Crippen LogP contribution in [0.1, 0.15) is 17.7 Å². The zero-order valence-corrected chi connectivity index (χ0v) is 15.0. The number of carbonyl (C=O) groups is 1. The van der Waals surface area contributed by atoms with Gasteiger partial charge in [0.15, 0.2) is 11.0 Å². The Hall–Kier alpha value is -2.12. The molecule has 3 rings (SSSR count). The second kappa shape index (κ2) is 7.63. The predicted molar refractivity (Wildman–Crippen MR) is 96.1 cm³/mol. The van der Waals surface area contributed by atoms with E-state index < -0.39 is 5.25 Å². The van der Waals surface area contributed by atoms with E-state index in [-0.39, 0.29) is 5.97 Å². The van der Waals surface area contributed by atoms with Crippen molar-refractivity contribution in [3.8, 4) is 10.7 Å². The molecule has 0 saturated carbocycles. The summed E-state index contributed by atoms with van der Waals surface area (Å²) in [6, 6.07) is 13.6. The monoisotopic (exact) mass is 359 g/mol. The van der Waals surface area contributed by atoms with Crippen LogP contribution in [0.2, 0.25) is 0 Å². The Morgan fingerprint density at radius 3 is 2.67 bits per heavy atom. The maximum Gasteiger partial charge on any atom is 0.323 e. The summed E-state index contributed by atoms with van der Waals surface area (Å²) in [7, 11) is 1.40. The summed E-state index contributed by atoms with van der Waals surface area (Å²) >= 11 is 2.98. The number of rotatable bonds is 6. The minimum Gasteiger partial charge on any atom is -0.468 e. The Labute approximate surface area is 148 Å². The molecule has 3 aromatic rings. The maximum atomic E-state index is 12.3. The molecule has 0 aliphatic heterocycles. The van der Waals surface area contributed by atoms with Gasteiger partial charge in [0.25, 0.3) is 0 Å². The molecule has 0 aliphatic rings. The summed E-state index contributed by atoms with van der Waals surface area (Å²) in [5.74, 6) is 0.529. The highest BCUT2D eigenvalue weighted by molar-refractivity contribution is 8.00. The topological polar surface area (TPSA) is 57.0 Å². The average molecular weight is 359 g/mol. The van der Waals surface area contributed by atoms with Crippen molar-refractivity contribution >= 4 is 29.1 Å². The van der Waals surface area contributed by atoms with Crippen LogP contribution in [0.4, 0.5) is 0 Å². The molecule has 2 heterocycles. The summed E-state index contributed by atoms with van der Waals surface area (Å²) < 4.78 is 7.00. The van der Waals surface area contributed by atoms with E-state index in [1.54, 1.807) is 11.3 Å². The summed E-state index contributed by atoms with van der Waals surface area (Å²) in [5, 5.41) is 10.9. The lowest BCUT2D eigenvalue weighted by Crippen LogP contribution is -2.12. The molecule has 0 fully saturated rings. The third-order valence-electron chi connectivity index (χ3n) is 3.52. The summed E-state index contributed by atoms with van der Waals surface area (Å²) in [6.07, 6.45) is 0. The van der Waals surface area contributed by atoms with Gasteiger partial charge in [0, 0.05) is 6.54 Å². The van der Waals surface area contributed by atoms with Crippen molar-refractivity contribution < 1.29 is 9.53 Å². The van der Waals surface area contributed by atoms with Crippen LogP contribution < -0.4 is 0 Å². The molecule has 0 spiro atoms. The molecular formula is C17H17N3O2S2. The molecule has 24 heavy (non-hydrogen) atoms. The van der Waals surface area contributed by atoms with Crippen LogP contribution in [0.25, 0.3) is 10.7 Å². The van der Waals surface area contributed by atoms with Gasteiger partial charge in [-0.05, 0) is 23.9 Å². The van der Waals surface area contributed by atoms with E-state index in [1.165, 1.54) is 18.9 Å². The number of hydrogen-bond acceptors (Lipinski definition) is 6. The van der Waals surface area contributed by atoms with Crippen LogP contribution in [0.15, 0.2) is 53.0 Å². The number of thioether (sulfide) groups is 1. The third kappa shape index (κ3) is 3.37. The Morgan fingerprint density at radius 1 is 1.25 bits per heavy atom. The molecule has 124 valence electrons. The normalized spacial score (nSPS) is 12.1. The summed E-state index contributed by atoms with van der Waals surface area (Å²) in [5.41, 5.74) is 0.887. The number of nitrogens with zero attached hydrogens (tertiary/aromatic N) is 3. The fourth-order valence-electron chi connectivity index (χ4n) is 2.34. The van der Waals surface area contributed by atoms with Crippen molar-refractivity contribution in [3.05, 3.63) is 53.4 Å². The number of carbonyl (C=O) groups excluding carboxylic acids is 1. The van der Waals surface area contributed by atoms with Gasteiger partial charge in [-0.1, -0.05) is 48.2 Å². The maximum absolute atomic E-state index is 12.3. The molecule has 1 unspecified atom stereocenters. The van der Waals surface area contributed by atoms with Gasteiger partial charge >= 0.3 is 5.97 Å². The SMILES string of the molecule is CCn1c(SC(C(=O)OC)c2ccccc2)nnc1-c1cccs1. The van der Waals surface area contributed by atoms with Crippen LogP contribution in [0.3, 0.4) is 0 Å². The largest absolute Gasteiger partial charge is 0.468 e. The van der Waals surface area contributed by atoms with E-state index in [4.69, 9.17) is 4.74 Å². The molecule has 0 bridgehead atoms. The van der Waals surface area contributed by atoms with Crippen molar-refractivity contribution in [2.45, 2.75) is 23.9 Å². The molecule has 0 saturated heterocycles. The zero-order valence-electron chi connectivity index (χ0n) is 13.4. The number of hydrogen-bond donors (Lipinski definition) is 0. The number of methoxy groups -OCH3 is 1. The first-order valence-electron chi connectivity index (χ1n) is 7.51. The smallest absolute Gasteiger partial charge is 0.323 e. The Morgan fingerprint density at radius 2 is 2.04 bits per heavy atom. The first kappa shape index (κ1) is 16.7. The van der Waals surface area contributed by atoms with E-state index in [9.17, 15) is 4.79 Å². The second-order valence-electron chi connectivity index (χ2n) is 4.96. The molecule has 0 N–H and O–H groups in total. The van der Waals surface area contributed by atoms with Gasteiger partial charge in [-0.2, -0.15) is 0 Å². The van der Waals surface area contributed by atoms with Gasteiger partial charge in [-0.3, -0.25) is 4.79 Å². The fourth-order valence-corrected chi connectivity index (χ4v) is 4.19. The van der Waals surface area contributed by atoms with E-state index in [1.807, 2.05) is 59.3 Å². The quantitative estimate of drug-likeness (QED) is 0.491. The van der Waals surface area contributed by atoms with Gasteiger partial charge in [0.1, 0.15) is 5.25 Å². The number of ether oxygens (including phenoxy) is 1. The van der Waals surface area contributed by atoms with Crippen LogP contribution in [0, 0.1) is 0 Å². The van der Waals surface area contributed by atoms with Crippen LogP contribution in [0.5, 0.6) is 0 Å². The molecule has 0 aliphatic carbocycles. The van der Waals surface area contributed by atoms with Gasteiger partial charge in [-0.25, -0.2) is 0 Å². The summed E-state index contributed by atoms with van der Waals surface area (Å²) in [6.45, 7) is 2.77. The predicted octanol–water partition coefficient (Wildman–Crippen LogP) is 4.03. The van der Waals surface area contributed by atoms with E-state index in [0.29, 0.717) is 5.16 Å². The minimum atomic E-state index is -0.470. The van der Waals surface area contributed by atoms with Crippen molar-refractivity contribution in [2.24, 2.45) is 0 Å². The number of aromatic nitrogens is 3. The highest BCUT2D eigenvalue weighted by Gasteiger charge is 2.26. The lowest BCUT2D eigenvalue weighted by atomic mass is 10.1. The highest BCUT2D eigenvalue weighted by atomic mass is 32.2. The Kier molecular flexibility index (Phi) is 5.32. The van der Waals surface area contributed by atoms with Crippen molar-refractivity contribution in [3.63, 3.8) is 0 Å². The number of benzene rings is 1. The van der Waals surface area contributed by atoms with Gasteiger partial charge in [-0.15, -0.1) is 21.5 Å². The molecule has 7 heteroatoms. The van der Waals surface area contributed by atoms with Crippen molar-refractivity contribution in [1.82, 2.24) is 14.8 Å². The van der Waals surface area contributed by atoms with Crippen LogP contribution in [-0.4, -0.2) is 27.8 Å². The summed E-state index contributed by atoms with van der Waals surface area (Å²) in [4.78, 5) is 13.3. The third-order valence-corrected chi connectivity index (χ3v) is 5.59. The minimum absolute atomic E-state index is 0.297. The molecule has 1 atom stereocenters. The van der Waals surface area contributed by atoms with E-state index in [0.717, 1.165) is 22.8 Å². The molecule has 5 nitrogen and oxygen atoms in total. The van der Waals surface area contributed by atoms with Gasteiger partial charge < -0.3 is 9.30 Å². The van der Waals surface area contributed by atoms with Crippen LogP contribution >= 0.6 is 23.1 Å². The van der Waals surface area contributed by atoms with Crippen molar-refractivity contribution in [1.29, 1.82) is 0 Å². The molecule has 0 radical (unpaired) electrons. The molecule has 0 amide bonds. The van der Waals surface area contributed by atoms with E-state index in [2.05, 4.69) is 10.2 Å². The molecule has 1 aromatic carbocycles. The van der Waals surface area contributed by atoms with Crippen molar-refractivity contribution in [2.75, 3.05) is 7.11 Å². The standard InChI is InChI=1S/C17H17N3O2S2/c1-3-20-15(13-10-7-11-23-13)18-19-17(20)24-14(16(21)22-2)12-8-5-4-6-9-12/h4-11,14H,3H2,1-2H3.